The van der Waals surface area contributed by atoms with Crippen LogP contribution in [0.25, 0.3) is 0 Å². The summed E-state index contributed by atoms with van der Waals surface area (Å²) < 4.78 is 107. The highest BCUT2D eigenvalue weighted by molar-refractivity contribution is 7.10. The van der Waals surface area contributed by atoms with Gasteiger partial charge in [0.1, 0.15) is 24.4 Å². The zero-order chi connectivity index (χ0) is 37.6. The van der Waals surface area contributed by atoms with Gasteiger partial charge in [-0.2, -0.15) is 0 Å². The quantitative estimate of drug-likeness (QED) is 0.331. The molecule has 0 amide bonds. The molecule has 2 aromatic carbocycles. The largest absolute Gasteiger partial charge is 0.502 e. The van der Waals surface area contributed by atoms with Gasteiger partial charge in [0, 0.05) is 13.2 Å². The molecule has 1 aromatic heterocycles. The van der Waals surface area contributed by atoms with Crippen LogP contribution in [-0.2, 0) is 28.5 Å². The minimum absolute atomic E-state index is 0.0194. The first-order chi connectivity index (χ1) is 25.0. The first-order valence-electron chi connectivity index (χ1n) is 17.8. The minimum Gasteiger partial charge on any atom is -0.502 e. The summed E-state index contributed by atoms with van der Waals surface area (Å²) in [5.74, 6) is -7.64. The van der Waals surface area contributed by atoms with Crippen LogP contribution in [0.2, 0.25) is 0 Å². The Bertz CT molecular complexity index is 1850. The Morgan fingerprint density at radius 1 is 0.978 bits per heavy atom. The summed E-state index contributed by atoms with van der Waals surface area (Å²) in [6.07, 6.45) is -8.57. The molecule has 10 atom stereocenters. The van der Waals surface area contributed by atoms with Crippen molar-refractivity contribution in [2.24, 2.45) is 11.8 Å². The van der Waals surface area contributed by atoms with Crippen molar-refractivity contribution in [3.63, 3.8) is 0 Å². The number of cyclic esters (lactones) is 1. The second-order valence-electron chi connectivity index (χ2n) is 11.4. The molecule has 4 aliphatic heterocycles. The molecule has 13 nitrogen and oxygen atoms in total. The van der Waals surface area contributed by atoms with Gasteiger partial charge in [-0.25, -0.2) is 0 Å². The summed E-state index contributed by atoms with van der Waals surface area (Å²) in [4.78, 5) is 14.5. The second-order valence-corrected chi connectivity index (χ2v) is 12.3. The van der Waals surface area contributed by atoms with Crippen LogP contribution in [0, 0.1) is 11.8 Å². The van der Waals surface area contributed by atoms with Crippen LogP contribution in [0.4, 0.5) is 0 Å². The number of fused-ring (bicyclic) bond motifs is 4. The maximum atomic E-state index is 13.8. The summed E-state index contributed by atoms with van der Waals surface area (Å²) in [6.45, 7) is -0.544. The standard InChI is InChI=1S/C32H32O13S/c1-37-19-6-13(7-20(38-2)25(19)33)23-14-8-17-18(42-12-41-17)9-15(14)28(16-10-39-30(36)24(16)23)44-32-27(35)26(34)29-21(43-32)11-40-31(45-29)22-4-3-5-46-22/h3-9,16,21,23-24,26-29,31-35H,10-12H2,1-2H3/t16-,21+,23+,24-,26+,27+,28+,29+,31+,32-/m0/s1/i1D3,2D3,24D. The van der Waals surface area contributed by atoms with Gasteiger partial charge < -0.3 is 58.0 Å². The monoisotopic (exact) mass is 663 g/mol. The summed E-state index contributed by atoms with van der Waals surface area (Å²) in [5, 5.41) is 35.3. The number of hydrogen-bond donors (Lipinski definition) is 3. The number of ether oxygens (including phenoxy) is 9. The molecule has 244 valence electrons. The van der Waals surface area contributed by atoms with E-state index in [1.54, 1.807) is 6.07 Å². The van der Waals surface area contributed by atoms with E-state index in [1.165, 1.54) is 17.4 Å². The number of esters is 1. The number of aliphatic hydroxyl groups excluding tert-OH is 2. The van der Waals surface area contributed by atoms with E-state index in [4.69, 9.17) is 50.9 Å². The lowest BCUT2D eigenvalue weighted by atomic mass is 9.66. The molecule has 3 fully saturated rings. The molecule has 46 heavy (non-hydrogen) atoms. The van der Waals surface area contributed by atoms with Gasteiger partial charge in [-0.15, -0.1) is 11.3 Å². The lowest BCUT2D eigenvalue weighted by Gasteiger charge is -2.48. The van der Waals surface area contributed by atoms with E-state index < -0.39 is 98.1 Å². The number of phenols is 1. The zero-order valence-corrected chi connectivity index (χ0v) is 24.5. The highest BCUT2D eigenvalue weighted by atomic mass is 32.1. The number of rotatable bonds is 6. The highest BCUT2D eigenvalue weighted by Crippen LogP contribution is 2.57. The highest BCUT2D eigenvalue weighted by Gasteiger charge is 2.56. The lowest BCUT2D eigenvalue weighted by molar-refractivity contribution is -0.368. The van der Waals surface area contributed by atoms with Gasteiger partial charge in [0.25, 0.3) is 0 Å². The number of methoxy groups -OCH3 is 2. The van der Waals surface area contributed by atoms with E-state index in [-0.39, 0.29) is 42.6 Å². The Morgan fingerprint density at radius 2 is 1.74 bits per heavy atom. The Morgan fingerprint density at radius 3 is 2.46 bits per heavy atom. The Kier molecular flexibility index (Phi) is 5.73. The van der Waals surface area contributed by atoms with E-state index in [1.807, 2.05) is 17.5 Å². The van der Waals surface area contributed by atoms with Crippen LogP contribution >= 0.6 is 11.3 Å². The maximum absolute atomic E-state index is 13.8. The van der Waals surface area contributed by atoms with Crippen molar-refractivity contribution in [2.45, 2.75) is 49.0 Å². The second kappa shape index (κ2) is 11.6. The van der Waals surface area contributed by atoms with Crippen LogP contribution < -0.4 is 18.9 Å². The van der Waals surface area contributed by atoms with Gasteiger partial charge in [-0.05, 0) is 52.4 Å². The molecule has 0 unspecified atom stereocenters. The summed E-state index contributed by atoms with van der Waals surface area (Å²) >= 11 is 1.40. The molecule has 3 aromatic rings. The zero-order valence-electron chi connectivity index (χ0n) is 30.7. The van der Waals surface area contributed by atoms with Crippen molar-refractivity contribution in [3.8, 4) is 28.7 Å². The molecule has 0 bridgehead atoms. The molecule has 5 heterocycles. The van der Waals surface area contributed by atoms with Crippen molar-refractivity contribution in [1.82, 2.24) is 0 Å². The van der Waals surface area contributed by atoms with Crippen molar-refractivity contribution in [2.75, 3.05) is 34.1 Å². The number of aromatic hydroxyl groups is 1. The fourth-order valence-electron chi connectivity index (χ4n) is 6.78. The fraction of sp³-hybridized carbons (Fsp3) is 0.469. The Hall–Kier alpha value is -3.63. The minimum atomic E-state index is -3.11. The van der Waals surface area contributed by atoms with E-state index in [9.17, 15) is 21.5 Å². The SMILES string of the molecule is [2H]C([2H])([2H])Oc1cc([C@@H]2c3cc4c(cc3[C@@H](O[C@@H]3O[C@@H]5CO[C@@H](c6cccs6)O[C@H]5[C@H](O)[C@H]3O)[C@H]3COC(=O)[C@]23[2H])OCO4)cc(OC([2H])([2H])[2H])c1O. The molecule has 5 aliphatic rings. The number of benzene rings is 2. The molecular weight excluding hydrogens is 624 g/mol. The number of hydrogen-bond acceptors (Lipinski definition) is 14. The average molecular weight is 664 g/mol. The predicted octanol–water partition coefficient (Wildman–Crippen LogP) is 2.75. The molecule has 0 spiro atoms. The van der Waals surface area contributed by atoms with Crippen molar-refractivity contribution in [3.05, 3.63) is 63.3 Å². The van der Waals surface area contributed by atoms with Gasteiger partial charge in [-0.3, -0.25) is 4.79 Å². The van der Waals surface area contributed by atoms with Gasteiger partial charge in [0.05, 0.1) is 52.4 Å². The van der Waals surface area contributed by atoms with Crippen LogP contribution in [0.1, 0.15) is 49.5 Å². The smallest absolute Gasteiger partial charge is 0.310 e. The molecule has 0 radical (unpaired) electrons. The first kappa shape index (κ1) is 22.8. The van der Waals surface area contributed by atoms with Gasteiger partial charge in [0.15, 0.2) is 35.6 Å². The normalized spacial score (nSPS) is 38.7. The van der Waals surface area contributed by atoms with Crippen LogP contribution in [-0.4, -0.2) is 86.1 Å². The lowest BCUT2D eigenvalue weighted by Crippen LogP contribution is -2.62. The summed E-state index contributed by atoms with van der Waals surface area (Å²) in [6, 6.07) is 8.84. The summed E-state index contributed by atoms with van der Waals surface area (Å²) in [7, 11) is -6.22. The molecule has 3 saturated heterocycles. The van der Waals surface area contributed by atoms with Gasteiger partial charge >= 0.3 is 5.97 Å². The third-order valence-electron chi connectivity index (χ3n) is 8.91. The molecule has 0 saturated carbocycles. The van der Waals surface area contributed by atoms with Crippen LogP contribution in [0.5, 0.6) is 28.7 Å². The number of carbonyl (C=O) groups excluding carboxylic acids is 1. The maximum Gasteiger partial charge on any atom is 0.310 e. The Labute approximate surface area is 276 Å². The summed E-state index contributed by atoms with van der Waals surface area (Å²) in [5.41, 5.74) is 0.473. The van der Waals surface area contributed by atoms with Gasteiger partial charge in [-0.1, -0.05) is 6.07 Å². The van der Waals surface area contributed by atoms with E-state index in [0.29, 0.717) is 5.56 Å². The first-order valence-corrected chi connectivity index (χ1v) is 15.2. The van der Waals surface area contributed by atoms with E-state index in [0.717, 1.165) is 17.0 Å². The van der Waals surface area contributed by atoms with Crippen molar-refractivity contribution >= 4 is 17.3 Å². The van der Waals surface area contributed by atoms with Crippen molar-refractivity contribution in [1.29, 1.82) is 0 Å². The van der Waals surface area contributed by atoms with Crippen LogP contribution in [0.3, 0.4) is 0 Å². The molecule has 1 aliphatic carbocycles. The van der Waals surface area contributed by atoms with Gasteiger partial charge in [0.2, 0.25) is 12.5 Å². The average Bonchev–Trinajstić information content (AvgIpc) is 3.84. The molecule has 8 rings (SSSR count). The fourth-order valence-corrected chi connectivity index (χ4v) is 7.49. The van der Waals surface area contributed by atoms with E-state index in [2.05, 4.69) is 0 Å². The topological polar surface area (TPSA) is 161 Å². The molecule has 3 N–H and O–H groups in total. The van der Waals surface area contributed by atoms with E-state index >= 15 is 0 Å². The molecular formula is C32H32O13S. The number of thiophene rings is 1. The third kappa shape index (κ3) is 4.70. The third-order valence-corrected chi connectivity index (χ3v) is 9.80. The van der Waals surface area contributed by atoms with Crippen LogP contribution in [0.15, 0.2) is 41.8 Å². The predicted molar refractivity (Wildman–Crippen MR) is 156 cm³/mol. The Balaban J connectivity index is 1.20. The number of aliphatic hydroxyl groups is 2. The van der Waals surface area contributed by atoms with Crippen molar-refractivity contribution < 1.29 is 72.3 Å². The number of phenolic OH excluding ortho intramolecular Hbond substituents is 1. The number of carbonyl (C=O) groups is 1. The molecule has 14 heteroatoms.